The highest BCUT2D eigenvalue weighted by atomic mass is 15.1. The van der Waals surface area contributed by atoms with Crippen molar-refractivity contribution in [1.82, 2.24) is 0 Å². The average Bonchev–Trinajstić information content (AvgIpc) is 2.66. The van der Waals surface area contributed by atoms with Gasteiger partial charge in [0, 0.05) is 25.3 Å². The van der Waals surface area contributed by atoms with Crippen LogP contribution in [-0.4, -0.2) is 13.1 Å². The number of aryl methyl sites for hydroxylation is 1. The summed E-state index contributed by atoms with van der Waals surface area (Å²) in [6.07, 6.45) is 8.21. The molecule has 1 aromatic rings. The van der Waals surface area contributed by atoms with Crippen LogP contribution < -0.4 is 10.6 Å². The molecule has 2 nitrogen and oxygen atoms in total. The molecule has 1 aromatic carbocycles. The van der Waals surface area contributed by atoms with E-state index in [9.17, 15) is 0 Å². The van der Waals surface area contributed by atoms with Gasteiger partial charge < -0.3 is 10.6 Å². The molecule has 0 aromatic heterocycles. The van der Waals surface area contributed by atoms with Crippen LogP contribution in [0.1, 0.15) is 49.7 Å². The summed E-state index contributed by atoms with van der Waals surface area (Å²) in [6.45, 7) is 2.83. The van der Waals surface area contributed by atoms with Crippen LogP contribution in [0, 0.1) is 6.92 Å². The predicted molar refractivity (Wildman–Crippen MR) is 79.0 cm³/mol. The summed E-state index contributed by atoms with van der Waals surface area (Å²) in [5.41, 5.74) is 9.89. The van der Waals surface area contributed by atoms with Crippen molar-refractivity contribution in [2.45, 2.75) is 58.0 Å². The van der Waals surface area contributed by atoms with Crippen LogP contribution in [0.5, 0.6) is 0 Å². The van der Waals surface area contributed by atoms with Crippen LogP contribution in [0.25, 0.3) is 0 Å². The smallest absolute Gasteiger partial charge is 0.0441 e. The maximum atomic E-state index is 5.89. The van der Waals surface area contributed by atoms with E-state index in [1.165, 1.54) is 55.3 Å². The molecule has 2 heteroatoms. The lowest BCUT2D eigenvalue weighted by molar-refractivity contribution is 0.551. The molecule has 0 heterocycles. The molecule has 2 N–H and O–H groups in total. The van der Waals surface area contributed by atoms with Gasteiger partial charge in [-0.3, -0.25) is 0 Å². The Morgan fingerprint density at radius 1 is 1.17 bits per heavy atom. The van der Waals surface area contributed by atoms with Crippen molar-refractivity contribution >= 4 is 5.69 Å². The van der Waals surface area contributed by atoms with E-state index in [0.717, 1.165) is 0 Å². The zero-order valence-corrected chi connectivity index (χ0v) is 11.8. The summed E-state index contributed by atoms with van der Waals surface area (Å²) in [5.74, 6) is 0. The molecule has 0 aliphatic heterocycles. The maximum Gasteiger partial charge on any atom is 0.0441 e. The van der Waals surface area contributed by atoms with E-state index in [-0.39, 0.29) is 0 Å². The lowest BCUT2D eigenvalue weighted by Gasteiger charge is -2.32. The van der Waals surface area contributed by atoms with Gasteiger partial charge in [0.25, 0.3) is 0 Å². The van der Waals surface area contributed by atoms with Gasteiger partial charge in [0.05, 0.1) is 0 Å². The van der Waals surface area contributed by atoms with E-state index >= 15 is 0 Å². The molecular formula is C16H26N2. The molecule has 0 unspecified atom stereocenters. The Hall–Kier alpha value is -1.02. The van der Waals surface area contributed by atoms with Crippen molar-refractivity contribution in [2.75, 3.05) is 11.9 Å². The molecule has 1 aliphatic carbocycles. The zero-order valence-electron chi connectivity index (χ0n) is 11.8. The molecule has 0 bridgehead atoms. The molecular weight excluding hydrogens is 220 g/mol. The highest BCUT2D eigenvalue weighted by Crippen LogP contribution is 2.30. The highest BCUT2D eigenvalue weighted by molar-refractivity contribution is 5.59. The lowest BCUT2D eigenvalue weighted by Crippen LogP contribution is -2.32. The fourth-order valence-corrected chi connectivity index (χ4v) is 3.22. The Morgan fingerprint density at radius 3 is 2.44 bits per heavy atom. The number of anilines is 1. The van der Waals surface area contributed by atoms with E-state index in [2.05, 4.69) is 37.1 Å². The minimum absolute atomic E-state index is 0.633. The second kappa shape index (κ2) is 6.24. The van der Waals surface area contributed by atoms with E-state index < -0.39 is 0 Å². The van der Waals surface area contributed by atoms with Crippen LogP contribution in [-0.2, 0) is 6.54 Å². The van der Waals surface area contributed by atoms with Crippen molar-refractivity contribution < 1.29 is 0 Å². The molecule has 2 rings (SSSR count). The topological polar surface area (TPSA) is 29.3 Å². The predicted octanol–water partition coefficient (Wildman–Crippen LogP) is 3.61. The molecule has 0 atom stereocenters. The second-order valence-electron chi connectivity index (χ2n) is 5.54. The monoisotopic (exact) mass is 246 g/mol. The van der Waals surface area contributed by atoms with Crippen molar-refractivity contribution in [3.63, 3.8) is 0 Å². The molecule has 18 heavy (non-hydrogen) atoms. The summed E-state index contributed by atoms with van der Waals surface area (Å²) < 4.78 is 0. The first-order valence-corrected chi connectivity index (χ1v) is 7.25. The van der Waals surface area contributed by atoms with Crippen molar-refractivity contribution in [2.24, 2.45) is 5.73 Å². The second-order valence-corrected chi connectivity index (χ2v) is 5.54. The third kappa shape index (κ3) is 2.86. The standard InChI is InChI=1S/C16H26N2/c1-13-8-7-9-14(12-17)16(13)18(2)15-10-5-3-4-6-11-15/h7-9,15H,3-6,10-12,17H2,1-2H3. The Labute approximate surface area is 111 Å². The van der Waals surface area contributed by atoms with Crippen LogP contribution in [0.15, 0.2) is 18.2 Å². The van der Waals surface area contributed by atoms with Crippen LogP contribution in [0.3, 0.4) is 0 Å². The van der Waals surface area contributed by atoms with E-state index in [4.69, 9.17) is 5.73 Å². The molecule has 1 fully saturated rings. The van der Waals surface area contributed by atoms with Gasteiger partial charge in [-0.15, -0.1) is 0 Å². The maximum absolute atomic E-state index is 5.89. The first-order valence-electron chi connectivity index (χ1n) is 7.25. The number of hydrogen-bond acceptors (Lipinski definition) is 2. The van der Waals surface area contributed by atoms with Crippen LogP contribution in [0.2, 0.25) is 0 Å². The van der Waals surface area contributed by atoms with Crippen molar-refractivity contribution in [3.05, 3.63) is 29.3 Å². The Morgan fingerprint density at radius 2 is 1.83 bits per heavy atom. The molecule has 100 valence electrons. The normalized spacial score (nSPS) is 17.5. The van der Waals surface area contributed by atoms with Gasteiger partial charge in [-0.2, -0.15) is 0 Å². The number of para-hydroxylation sites is 1. The quantitative estimate of drug-likeness (QED) is 0.825. The van der Waals surface area contributed by atoms with Gasteiger partial charge in [-0.1, -0.05) is 43.9 Å². The Kier molecular flexibility index (Phi) is 4.65. The molecule has 1 saturated carbocycles. The fourth-order valence-electron chi connectivity index (χ4n) is 3.22. The minimum atomic E-state index is 0.633. The molecule has 0 saturated heterocycles. The highest BCUT2D eigenvalue weighted by Gasteiger charge is 2.20. The first kappa shape index (κ1) is 13.4. The Balaban J connectivity index is 2.23. The first-order chi connectivity index (χ1) is 8.74. The van der Waals surface area contributed by atoms with Gasteiger partial charge in [-0.05, 0) is 30.9 Å². The molecule has 0 radical (unpaired) electrons. The SMILES string of the molecule is Cc1cccc(CN)c1N(C)C1CCCCCC1. The van der Waals surface area contributed by atoms with E-state index in [0.29, 0.717) is 12.6 Å². The van der Waals surface area contributed by atoms with Gasteiger partial charge in [0.15, 0.2) is 0 Å². The van der Waals surface area contributed by atoms with E-state index in [1.807, 2.05) is 0 Å². The Bertz CT molecular complexity index is 379. The van der Waals surface area contributed by atoms with Crippen LogP contribution in [0.4, 0.5) is 5.69 Å². The van der Waals surface area contributed by atoms with Crippen LogP contribution >= 0.6 is 0 Å². The largest absolute Gasteiger partial charge is 0.371 e. The third-order valence-electron chi connectivity index (χ3n) is 4.27. The molecule has 0 amide bonds. The lowest BCUT2D eigenvalue weighted by atomic mass is 10.0. The average molecular weight is 246 g/mol. The van der Waals surface area contributed by atoms with Gasteiger partial charge in [0.1, 0.15) is 0 Å². The third-order valence-corrected chi connectivity index (χ3v) is 4.27. The minimum Gasteiger partial charge on any atom is -0.371 e. The van der Waals surface area contributed by atoms with Gasteiger partial charge >= 0.3 is 0 Å². The van der Waals surface area contributed by atoms with Crippen molar-refractivity contribution in [3.8, 4) is 0 Å². The fraction of sp³-hybridized carbons (Fsp3) is 0.625. The number of nitrogens with zero attached hydrogens (tertiary/aromatic N) is 1. The van der Waals surface area contributed by atoms with Gasteiger partial charge in [0.2, 0.25) is 0 Å². The number of benzene rings is 1. The molecule has 1 aliphatic rings. The summed E-state index contributed by atoms with van der Waals surface area (Å²) >= 11 is 0. The number of hydrogen-bond donors (Lipinski definition) is 1. The van der Waals surface area contributed by atoms with Gasteiger partial charge in [-0.25, -0.2) is 0 Å². The van der Waals surface area contributed by atoms with Crippen molar-refractivity contribution in [1.29, 1.82) is 0 Å². The molecule has 0 spiro atoms. The summed E-state index contributed by atoms with van der Waals surface area (Å²) in [6, 6.07) is 7.16. The summed E-state index contributed by atoms with van der Waals surface area (Å²) in [5, 5.41) is 0. The summed E-state index contributed by atoms with van der Waals surface area (Å²) in [4.78, 5) is 2.49. The number of rotatable bonds is 3. The summed E-state index contributed by atoms with van der Waals surface area (Å²) in [7, 11) is 2.25. The number of nitrogens with two attached hydrogens (primary N) is 1. The van der Waals surface area contributed by atoms with E-state index in [1.54, 1.807) is 0 Å². The zero-order chi connectivity index (χ0) is 13.0.